The number of nitrogens with one attached hydrogen (secondary N) is 1. The van der Waals surface area contributed by atoms with Crippen molar-refractivity contribution in [2.24, 2.45) is 0 Å². The molecule has 1 N–H and O–H groups in total. The Morgan fingerprint density at radius 1 is 0.867 bits per heavy atom. The van der Waals surface area contributed by atoms with Crippen LogP contribution in [0.25, 0.3) is 0 Å². The lowest BCUT2D eigenvalue weighted by molar-refractivity contribution is 0.267. The third-order valence-corrected chi connectivity index (χ3v) is 5.52. The summed E-state index contributed by atoms with van der Waals surface area (Å²) < 4.78 is 12.9. The van der Waals surface area contributed by atoms with Crippen LogP contribution in [0.4, 0.5) is 0 Å². The van der Waals surface area contributed by atoms with Crippen molar-refractivity contribution in [2.45, 2.75) is 45.9 Å². The Balaban J connectivity index is 1.73. The van der Waals surface area contributed by atoms with E-state index in [9.17, 15) is 0 Å². The van der Waals surface area contributed by atoms with Gasteiger partial charge in [-0.2, -0.15) is 0 Å². The molecule has 0 amide bonds. The Bertz CT molecular complexity index is 900. The summed E-state index contributed by atoms with van der Waals surface area (Å²) in [6.45, 7) is 6.07. The van der Waals surface area contributed by atoms with Gasteiger partial charge in [0.25, 0.3) is 0 Å². The van der Waals surface area contributed by atoms with Crippen molar-refractivity contribution in [1.82, 2.24) is 5.32 Å². The van der Waals surface area contributed by atoms with Gasteiger partial charge in [0, 0.05) is 12.6 Å². The zero-order chi connectivity index (χ0) is 21.2. The second-order valence-electron chi connectivity index (χ2n) is 7.25. The summed E-state index contributed by atoms with van der Waals surface area (Å²) in [6.07, 6.45) is 2.23. The highest BCUT2D eigenvalue weighted by molar-refractivity contribution is 9.10. The minimum absolute atomic E-state index is 0.333. The smallest absolute Gasteiger partial charge is 0.175 e. The van der Waals surface area contributed by atoms with Crippen LogP contribution in [-0.4, -0.2) is 6.61 Å². The van der Waals surface area contributed by atoms with Crippen molar-refractivity contribution in [3.8, 4) is 11.5 Å². The highest BCUT2D eigenvalue weighted by Crippen LogP contribution is 2.37. The van der Waals surface area contributed by atoms with Crippen molar-refractivity contribution in [1.29, 1.82) is 0 Å². The Hall–Kier alpha value is -2.30. The fraction of sp³-hybridized carbons (Fsp3) is 0.308. The molecule has 0 radical (unpaired) electrons. The summed E-state index contributed by atoms with van der Waals surface area (Å²) in [5.41, 5.74) is 3.61. The normalized spacial score (nSPS) is 11.8. The van der Waals surface area contributed by atoms with Crippen molar-refractivity contribution < 1.29 is 9.47 Å². The molecule has 0 fully saturated rings. The van der Waals surface area contributed by atoms with Gasteiger partial charge in [-0.25, -0.2) is 0 Å². The summed E-state index contributed by atoms with van der Waals surface area (Å²) in [7, 11) is 0. The molecule has 0 spiro atoms. The van der Waals surface area contributed by atoms with E-state index in [0.717, 1.165) is 46.5 Å². The molecule has 3 aromatic rings. The van der Waals surface area contributed by atoms with Gasteiger partial charge >= 0.3 is 0 Å². The highest BCUT2D eigenvalue weighted by atomic mass is 79.9. The van der Waals surface area contributed by atoms with Gasteiger partial charge in [0.2, 0.25) is 0 Å². The van der Waals surface area contributed by atoms with Crippen molar-refractivity contribution in [2.75, 3.05) is 6.61 Å². The topological polar surface area (TPSA) is 30.5 Å². The summed E-state index contributed by atoms with van der Waals surface area (Å²) in [5.74, 6) is 1.52. The first-order chi connectivity index (χ1) is 14.7. The molecule has 0 aliphatic carbocycles. The van der Waals surface area contributed by atoms with Crippen LogP contribution in [0.3, 0.4) is 0 Å². The van der Waals surface area contributed by atoms with Crippen LogP contribution in [0, 0.1) is 0 Å². The van der Waals surface area contributed by atoms with E-state index in [1.165, 1.54) is 5.56 Å². The number of hydrogen-bond acceptors (Lipinski definition) is 3. The van der Waals surface area contributed by atoms with Gasteiger partial charge in [0.05, 0.1) is 11.1 Å². The van der Waals surface area contributed by atoms with Gasteiger partial charge in [-0.3, -0.25) is 0 Å². The van der Waals surface area contributed by atoms with Gasteiger partial charge < -0.3 is 14.8 Å². The van der Waals surface area contributed by atoms with E-state index in [-0.39, 0.29) is 0 Å². The fourth-order valence-electron chi connectivity index (χ4n) is 3.46. The number of rotatable bonds is 11. The molecule has 1 unspecified atom stereocenters. The van der Waals surface area contributed by atoms with Gasteiger partial charge in [0.15, 0.2) is 11.5 Å². The number of ether oxygens (including phenoxy) is 2. The van der Waals surface area contributed by atoms with Crippen LogP contribution in [0.15, 0.2) is 77.3 Å². The van der Waals surface area contributed by atoms with Crippen molar-refractivity contribution >= 4 is 15.9 Å². The van der Waals surface area contributed by atoms with E-state index in [0.29, 0.717) is 19.3 Å². The van der Waals surface area contributed by atoms with Gasteiger partial charge in [-0.1, -0.05) is 74.0 Å². The molecule has 0 aromatic heterocycles. The minimum atomic E-state index is 0.333. The quantitative estimate of drug-likeness (QED) is 0.327. The highest BCUT2D eigenvalue weighted by Gasteiger charge is 2.15. The summed E-state index contributed by atoms with van der Waals surface area (Å²) in [5, 5.41) is 3.71. The second kappa shape index (κ2) is 11.8. The first-order valence-corrected chi connectivity index (χ1v) is 11.4. The van der Waals surface area contributed by atoms with E-state index >= 15 is 0 Å². The molecule has 1 atom stereocenters. The van der Waals surface area contributed by atoms with E-state index in [2.05, 4.69) is 82.8 Å². The number of hydrogen-bond donors (Lipinski definition) is 1. The Morgan fingerprint density at radius 2 is 1.57 bits per heavy atom. The number of benzene rings is 3. The second-order valence-corrected chi connectivity index (χ2v) is 8.10. The van der Waals surface area contributed by atoms with Crippen LogP contribution in [0.5, 0.6) is 11.5 Å². The molecule has 0 bridgehead atoms. The molecule has 0 aliphatic heterocycles. The molecule has 3 rings (SSSR count). The van der Waals surface area contributed by atoms with E-state index < -0.39 is 0 Å². The first kappa shape index (κ1) is 22.4. The molecular formula is C26H30BrNO2. The fourth-order valence-corrected chi connectivity index (χ4v) is 4.06. The lowest BCUT2D eigenvalue weighted by Crippen LogP contribution is -2.21. The molecule has 0 aliphatic rings. The Morgan fingerprint density at radius 3 is 2.23 bits per heavy atom. The van der Waals surface area contributed by atoms with Crippen LogP contribution >= 0.6 is 15.9 Å². The molecule has 4 heteroatoms. The predicted octanol–water partition coefficient (Wildman–Crippen LogP) is 7.06. The van der Waals surface area contributed by atoms with Crippen molar-refractivity contribution in [3.05, 3.63) is 94.0 Å². The van der Waals surface area contributed by atoms with Gasteiger partial charge in [-0.15, -0.1) is 0 Å². The predicted molar refractivity (Wildman–Crippen MR) is 127 cm³/mol. The maximum atomic E-state index is 6.10. The summed E-state index contributed by atoms with van der Waals surface area (Å²) in [4.78, 5) is 0. The molecule has 3 aromatic carbocycles. The summed E-state index contributed by atoms with van der Waals surface area (Å²) in [6, 6.07) is 25.3. The third kappa shape index (κ3) is 6.35. The molecule has 30 heavy (non-hydrogen) atoms. The van der Waals surface area contributed by atoms with Gasteiger partial charge in [0.1, 0.15) is 6.61 Å². The average molecular weight is 468 g/mol. The Kier molecular flexibility index (Phi) is 8.79. The van der Waals surface area contributed by atoms with Crippen LogP contribution < -0.4 is 14.8 Å². The lowest BCUT2D eigenvalue weighted by atomic mass is 10.0. The summed E-state index contributed by atoms with van der Waals surface area (Å²) >= 11 is 3.69. The van der Waals surface area contributed by atoms with E-state index in [1.807, 2.05) is 25.1 Å². The largest absolute Gasteiger partial charge is 0.490 e. The standard InChI is InChI=1S/C26H30BrNO2/c1-3-11-24(22-14-9-6-10-15-22)28-18-21-16-23(27)26(25(17-21)29-4-2)30-19-20-12-7-5-8-13-20/h5-10,12-17,24,28H,3-4,11,18-19H2,1-2H3. The monoisotopic (exact) mass is 467 g/mol. The number of halogens is 1. The molecule has 0 saturated carbocycles. The average Bonchev–Trinajstić information content (AvgIpc) is 2.77. The maximum Gasteiger partial charge on any atom is 0.175 e. The van der Waals surface area contributed by atoms with E-state index in [1.54, 1.807) is 0 Å². The zero-order valence-corrected chi connectivity index (χ0v) is 19.3. The van der Waals surface area contributed by atoms with Crippen LogP contribution in [0.2, 0.25) is 0 Å². The molecule has 158 valence electrons. The van der Waals surface area contributed by atoms with Crippen molar-refractivity contribution in [3.63, 3.8) is 0 Å². The first-order valence-electron chi connectivity index (χ1n) is 10.6. The van der Waals surface area contributed by atoms with Crippen LogP contribution in [-0.2, 0) is 13.2 Å². The minimum Gasteiger partial charge on any atom is -0.490 e. The Labute approximate surface area is 188 Å². The lowest BCUT2D eigenvalue weighted by Gasteiger charge is -2.20. The molecule has 0 heterocycles. The third-order valence-electron chi connectivity index (χ3n) is 4.93. The van der Waals surface area contributed by atoms with Gasteiger partial charge in [-0.05, 0) is 58.1 Å². The SMILES string of the molecule is CCCC(NCc1cc(Br)c(OCc2ccccc2)c(OCC)c1)c1ccccc1. The zero-order valence-electron chi connectivity index (χ0n) is 17.7. The van der Waals surface area contributed by atoms with E-state index in [4.69, 9.17) is 9.47 Å². The maximum absolute atomic E-state index is 6.10. The molecular weight excluding hydrogens is 438 g/mol. The molecule has 3 nitrogen and oxygen atoms in total. The van der Waals surface area contributed by atoms with Crippen LogP contribution in [0.1, 0.15) is 49.4 Å². The molecule has 0 saturated heterocycles.